The molecule has 0 radical (unpaired) electrons. The van der Waals surface area contributed by atoms with Crippen LogP contribution in [0.4, 0.5) is 0 Å². The maximum Gasteiger partial charge on any atom is 1.00 e. The zero-order chi connectivity index (χ0) is 23.0. The molecule has 3 N–H and O–H groups in total. The molecule has 0 heterocycles. The Kier molecular flexibility index (Phi) is 8.44. The molecular weight excluding hydrogens is 510 g/mol. The summed E-state index contributed by atoms with van der Waals surface area (Å²) in [6.45, 7) is 0. The van der Waals surface area contributed by atoms with Crippen molar-refractivity contribution in [1.29, 1.82) is 0 Å². The summed E-state index contributed by atoms with van der Waals surface area (Å²) in [4.78, 5) is -1.22. The van der Waals surface area contributed by atoms with Gasteiger partial charge in [-0.25, -0.2) is 0 Å². The van der Waals surface area contributed by atoms with Gasteiger partial charge in [-0.15, -0.1) is 0 Å². The van der Waals surface area contributed by atoms with Crippen LogP contribution in [-0.4, -0.2) is 38.9 Å². The van der Waals surface area contributed by atoms with Crippen LogP contribution in [-0.2, 0) is 30.4 Å². The second-order valence-electron chi connectivity index (χ2n) is 6.25. The Hall–Kier alpha value is -1.18. The van der Waals surface area contributed by atoms with Gasteiger partial charge in [-0.2, -0.15) is 25.3 Å². The second kappa shape index (κ2) is 9.98. The molecule has 0 aliphatic carbocycles. The van der Waals surface area contributed by atoms with E-state index in [-0.39, 0.29) is 29.6 Å². The number of rotatable bonds is 6. The maximum absolute atomic E-state index is 11.6. The molecule has 0 aliphatic rings. The average Bonchev–Trinajstić information content (AvgIpc) is 2.67. The second-order valence-corrected chi connectivity index (χ2v) is 12.7. The number of benzene rings is 3. The third-order valence-corrected chi connectivity index (χ3v) is 9.05. The Morgan fingerprint density at radius 3 is 0.969 bits per heavy atom. The van der Waals surface area contributed by atoms with Crippen molar-refractivity contribution < 1.29 is 68.5 Å². The van der Waals surface area contributed by atoms with Crippen LogP contribution in [0, 0.1) is 0 Å². The molecule has 9 nitrogen and oxygen atoms in total. The van der Waals surface area contributed by atoms with Gasteiger partial charge in [0.05, 0.1) is 14.7 Å². The molecule has 0 saturated heterocycles. The smallest absolute Gasteiger partial charge is 0.282 e. The van der Waals surface area contributed by atoms with Crippen LogP contribution in [0.1, 0.15) is 0 Å². The van der Waals surface area contributed by atoms with Gasteiger partial charge in [0.2, 0.25) is 0 Å². The Morgan fingerprint density at radius 2 is 0.750 bits per heavy atom. The van der Waals surface area contributed by atoms with E-state index in [0.717, 1.165) is 18.2 Å². The third-order valence-electron chi connectivity index (χ3n) is 4.12. The summed E-state index contributed by atoms with van der Waals surface area (Å²) >= 11 is 0. The first-order chi connectivity index (χ1) is 14.3. The van der Waals surface area contributed by atoms with Gasteiger partial charge in [-0.05, 0) is 60.2 Å². The summed E-state index contributed by atoms with van der Waals surface area (Å²) in [5.74, 6) is 0. The molecule has 0 aliphatic heterocycles. The molecule has 0 atom stereocenters. The Morgan fingerprint density at radius 1 is 0.500 bits per heavy atom. The fourth-order valence-electron chi connectivity index (χ4n) is 2.80. The third kappa shape index (κ3) is 6.45. The Balaban J connectivity index is 0.00000363. The van der Waals surface area contributed by atoms with Crippen LogP contribution in [0.15, 0.2) is 87.5 Å². The van der Waals surface area contributed by atoms with Gasteiger partial charge in [0.1, 0.15) is 0 Å². The molecule has 0 amide bonds. The summed E-state index contributed by atoms with van der Waals surface area (Å²) < 4.78 is 97.7. The van der Waals surface area contributed by atoms with Gasteiger partial charge in [-0.1, -0.05) is 36.4 Å². The summed E-state index contributed by atoms with van der Waals surface area (Å²) in [5, 5.41) is 1.01. The number of hydrogen-bond donors (Lipinski definition) is 3. The molecule has 0 unspecified atom stereocenters. The van der Waals surface area contributed by atoms with Gasteiger partial charge >= 0.3 is 29.6 Å². The normalized spacial score (nSPS) is 12.4. The largest absolute Gasteiger partial charge is 1.00 e. The van der Waals surface area contributed by atoms with Gasteiger partial charge in [0, 0.05) is 0 Å². The van der Waals surface area contributed by atoms with Crippen LogP contribution in [0.25, 0.3) is 0 Å². The van der Waals surface area contributed by atoms with E-state index in [0.29, 0.717) is 15.9 Å². The molecule has 0 aromatic heterocycles. The monoisotopic (exact) mass is 525 g/mol. The summed E-state index contributed by atoms with van der Waals surface area (Å²) in [6, 6.07) is 15.7. The molecule has 3 aromatic carbocycles. The van der Waals surface area contributed by atoms with Gasteiger partial charge in [0.15, 0.2) is 0 Å². The van der Waals surface area contributed by atoms with Crippen molar-refractivity contribution >= 4 is 54.2 Å². The standard InChI is InChI=1S/C18H15O9PS3.Na/c19-29(20,21)16-7-1-4-13(10-16)28(14-5-2-8-17(11-14)30(22,23)24)15-6-3-9-18(12-15)31(25,26)27;/h1-12H,(H,19,20,21)(H,22,23,24)(H,25,26,27);/q;+1. The predicted molar refractivity (Wildman–Crippen MR) is 115 cm³/mol. The SMILES string of the molecule is O=S(=O)(O)c1cccc(P(c2cccc(S(=O)(=O)O)c2)c2cccc(S(=O)(=O)O)c2)c1.[Na+]. The van der Waals surface area contributed by atoms with Crippen LogP contribution < -0.4 is 45.5 Å². The predicted octanol–water partition coefficient (Wildman–Crippen LogP) is -1.81. The van der Waals surface area contributed by atoms with E-state index in [1.807, 2.05) is 0 Å². The van der Waals surface area contributed by atoms with Crippen molar-refractivity contribution in [2.45, 2.75) is 14.7 Å². The average molecular weight is 525 g/mol. The summed E-state index contributed by atoms with van der Waals surface area (Å²) in [5.41, 5.74) is 0. The van der Waals surface area contributed by atoms with E-state index in [1.165, 1.54) is 54.6 Å². The van der Waals surface area contributed by atoms with Gasteiger partial charge < -0.3 is 0 Å². The van der Waals surface area contributed by atoms with Crippen molar-refractivity contribution in [2.75, 3.05) is 0 Å². The van der Waals surface area contributed by atoms with E-state index in [1.54, 1.807) is 0 Å². The first-order valence-corrected chi connectivity index (χ1v) is 14.0. The van der Waals surface area contributed by atoms with Crippen molar-refractivity contribution in [2.24, 2.45) is 0 Å². The maximum atomic E-state index is 11.6. The van der Waals surface area contributed by atoms with E-state index >= 15 is 0 Å². The molecule has 0 fully saturated rings. The van der Waals surface area contributed by atoms with Crippen LogP contribution in [0.5, 0.6) is 0 Å². The molecule has 3 aromatic rings. The fraction of sp³-hybridized carbons (Fsp3) is 0. The zero-order valence-electron chi connectivity index (χ0n) is 16.4. The van der Waals surface area contributed by atoms with Crippen LogP contribution in [0.2, 0.25) is 0 Å². The topological polar surface area (TPSA) is 163 Å². The summed E-state index contributed by atoms with van der Waals surface area (Å²) in [6.07, 6.45) is 0. The molecule has 3 rings (SSSR count). The first kappa shape index (κ1) is 27.1. The molecule has 14 heteroatoms. The quantitative estimate of drug-likeness (QED) is 0.191. The molecule has 32 heavy (non-hydrogen) atoms. The molecular formula is C18H15NaO9PS3+. The molecule has 0 spiro atoms. The Bertz CT molecular complexity index is 1290. The number of hydrogen-bond acceptors (Lipinski definition) is 6. The van der Waals surface area contributed by atoms with Gasteiger partial charge in [0.25, 0.3) is 30.4 Å². The minimum absolute atomic E-state index is 0. The van der Waals surface area contributed by atoms with Crippen LogP contribution >= 0.6 is 7.92 Å². The molecule has 0 bridgehead atoms. The Labute approximate surface area is 208 Å². The van der Waals surface area contributed by atoms with Crippen molar-refractivity contribution in [3.8, 4) is 0 Å². The van der Waals surface area contributed by atoms with Gasteiger partial charge in [-0.3, -0.25) is 13.7 Å². The fourth-order valence-corrected chi connectivity index (χ4v) is 7.04. The van der Waals surface area contributed by atoms with E-state index in [9.17, 15) is 38.9 Å². The van der Waals surface area contributed by atoms with E-state index < -0.39 is 53.0 Å². The molecule has 164 valence electrons. The van der Waals surface area contributed by atoms with E-state index in [2.05, 4.69) is 0 Å². The zero-order valence-corrected chi connectivity index (χ0v) is 21.7. The first-order valence-electron chi connectivity index (χ1n) is 8.30. The molecule has 0 saturated carbocycles. The van der Waals surface area contributed by atoms with Crippen molar-refractivity contribution in [3.05, 3.63) is 72.8 Å². The van der Waals surface area contributed by atoms with Crippen molar-refractivity contribution in [1.82, 2.24) is 0 Å². The van der Waals surface area contributed by atoms with Crippen molar-refractivity contribution in [3.63, 3.8) is 0 Å². The minimum Gasteiger partial charge on any atom is -0.282 e. The van der Waals surface area contributed by atoms with Crippen LogP contribution in [0.3, 0.4) is 0 Å². The minimum atomic E-state index is -4.55. The summed E-state index contributed by atoms with van der Waals surface area (Å²) in [7, 11) is -15.4. The van der Waals surface area contributed by atoms with E-state index in [4.69, 9.17) is 0 Å².